The van der Waals surface area contributed by atoms with E-state index in [1.54, 1.807) is 11.3 Å². The lowest BCUT2D eigenvalue weighted by molar-refractivity contribution is 0.244. The van der Waals surface area contributed by atoms with E-state index >= 15 is 0 Å². The number of thiophene rings is 1. The summed E-state index contributed by atoms with van der Waals surface area (Å²) in [6.45, 7) is 1.48. The van der Waals surface area contributed by atoms with Crippen molar-refractivity contribution in [3.8, 4) is 0 Å². The fraction of sp³-hybridized carbons (Fsp3) is 0.286. The minimum Gasteiger partial charge on any atom is -0.329 e. The second-order valence-corrected chi connectivity index (χ2v) is 7.05. The normalized spacial score (nSPS) is 12.9. The van der Waals surface area contributed by atoms with Crippen LogP contribution in [-0.4, -0.2) is 18.5 Å². The number of halogens is 2. The van der Waals surface area contributed by atoms with E-state index in [2.05, 4.69) is 73.5 Å². The molecular formula is C14H16Br2N2S. The predicted octanol–water partition coefficient (Wildman–Crippen LogP) is 4.40. The van der Waals surface area contributed by atoms with Crippen LogP contribution in [0.3, 0.4) is 0 Å². The highest BCUT2D eigenvalue weighted by Crippen LogP contribution is 2.32. The molecule has 2 nitrogen and oxygen atoms in total. The minimum absolute atomic E-state index is 0.237. The highest BCUT2D eigenvalue weighted by molar-refractivity contribution is 9.10. The van der Waals surface area contributed by atoms with Crippen molar-refractivity contribution in [1.82, 2.24) is 4.90 Å². The minimum atomic E-state index is 0.237. The topological polar surface area (TPSA) is 29.3 Å². The lowest BCUT2D eigenvalue weighted by Gasteiger charge is -2.27. The van der Waals surface area contributed by atoms with E-state index in [9.17, 15) is 0 Å². The molecule has 2 N–H and O–H groups in total. The first kappa shape index (κ1) is 15.2. The quantitative estimate of drug-likeness (QED) is 0.801. The first-order valence-corrected chi connectivity index (χ1v) is 8.46. The monoisotopic (exact) mass is 402 g/mol. The van der Waals surface area contributed by atoms with Gasteiger partial charge < -0.3 is 5.73 Å². The van der Waals surface area contributed by atoms with Crippen molar-refractivity contribution in [2.45, 2.75) is 12.6 Å². The van der Waals surface area contributed by atoms with Crippen LogP contribution in [0.1, 0.15) is 16.5 Å². The Morgan fingerprint density at radius 1 is 1.21 bits per heavy atom. The molecular weight excluding hydrogens is 388 g/mol. The van der Waals surface area contributed by atoms with Crippen molar-refractivity contribution < 1.29 is 0 Å². The maximum atomic E-state index is 5.96. The Kier molecular flexibility index (Phi) is 5.59. The zero-order valence-electron chi connectivity index (χ0n) is 10.6. The Labute approximate surface area is 134 Å². The Morgan fingerprint density at radius 3 is 2.53 bits per heavy atom. The molecule has 5 heteroatoms. The van der Waals surface area contributed by atoms with Crippen molar-refractivity contribution >= 4 is 43.2 Å². The van der Waals surface area contributed by atoms with Crippen LogP contribution in [0.2, 0.25) is 0 Å². The van der Waals surface area contributed by atoms with Gasteiger partial charge in [0, 0.05) is 26.9 Å². The van der Waals surface area contributed by atoms with Crippen molar-refractivity contribution in [2.24, 2.45) is 5.73 Å². The largest absolute Gasteiger partial charge is 0.329 e. The third-order valence-electron chi connectivity index (χ3n) is 3.08. The summed E-state index contributed by atoms with van der Waals surface area (Å²) in [4.78, 5) is 3.58. The molecule has 0 aliphatic heterocycles. The smallest absolute Gasteiger partial charge is 0.0576 e. The molecule has 1 unspecified atom stereocenters. The van der Waals surface area contributed by atoms with E-state index in [4.69, 9.17) is 5.73 Å². The number of nitrogens with zero attached hydrogens (tertiary/aromatic N) is 1. The zero-order valence-corrected chi connectivity index (χ0v) is 14.6. The molecule has 0 saturated carbocycles. The first-order chi connectivity index (χ1) is 9.13. The molecule has 2 aromatic rings. The fourth-order valence-electron chi connectivity index (χ4n) is 2.04. The Balaban J connectivity index is 2.16. The highest BCUT2D eigenvalue weighted by Gasteiger charge is 2.19. The summed E-state index contributed by atoms with van der Waals surface area (Å²) < 4.78 is 2.29. The lowest BCUT2D eigenvalue weighted by atomic mass is 10.1. The second kappa shape index (κ2) is 6.99. The van der Waals surface area contributed by atoms with E-state index in [0.717, 1.165) is 15.5 Å². The van der Waals surface area contributed by atoms with Gasteiger partial charge in [-0.15, -0.1) is 11.3 Å². The summed E-state index contributed by atoms with van der Waals surface area (Å²) in [5, 5.41) is 2.09. The van der Waals surface area contributed by atoms with E-state index in [0.29, 0.717) is 6.54 Å². The van der Waals surface area contributed by atoms with Gasteiger partial charge in [0.25, 0.3) is 0 Å². The molecule has 0 bridgehead atoms. The lowest BCUT2D eigenvalue weighted by Crippen LogP contribution is -2.29. The van der Waals surface area contributed by atoms with Gasteiger partial charge in [0.1, 0.15) is 0 Å². The van der Waals surface area contributed by atoms with Crippen LogP contribution in [0.4, 0.5) is 0 Å². The number of likely N-dealkylation sites (N-methyl/N-ethyl adjacent to an activating group) is 1. The number of rotatable bonds is 5. The number of hydrogen-bond acceptors (Lipinski definition) is 3. The molecule has 0 saturated heterocycles. The summed E-state index contributed by atoms with van der Waals surface area (Å²) in [5.41, 5.74) is 7.23. The molecule has 19 heavy (non-hydrogen) atoms. The van der Waals surface area contributed by atoms with Crippen LogP contribution in [0.25, 0.3) is 0 Å². The summed E-state index contributed by atoms with van der Waals surface area (Å²) in [5.74, 6) is 0. The van der Waals surface area contributed by atoms with Crippen molar-refractivity contribution in [3.05, 3.63) is 55.1 Å². The number of hydrogen-bond donors (Lipinski definition) is 1. The molecule has 0 aliphatic rings. The SMILES string of the molecule is CN(Cc1ccccc1Br)C(CN)c1sccc1Br. The molecule has 2 rings (SSSR count). The number of nitrogens with two attached hydrogens (primary N) is 1. The summed E-state index contributed by atoms with van der Waals surface area (Å²) in [7, 11) is 2.11. The van der Waals surface area contributed by atoms with Gasteiger partial charge in [-0.1, -0.05) is 34.1 Å². The van der Waals surface area contributed by atoms with Crippen LogP contribution < -0.4 is 5.73 Å². The van der Waals surface area contributed by atoms with E-state index in [-0.39, 0.29) is 6.04 Å². The third-order valence-corrected chi connectivity index (χ3v) is 5.83. The molecule has 1 heterocycles. The molecule has 0 spiro atoms. The van der Waals surface area contributed by atoms with Gasteiger partial charge in [-0.25, -0.2) is 0 Å². The molecule has 102 valence electrons. The Bertz CT molecular complexity index is 542. The second-order valence-electron chi connectivity index (χ2n) is 4.39. The van der Waals surface area contributed by atoms with Crippen LogP contribution in [0, 0.1) is 0 Å². The molecule has 0 fully saturated rings. The van der Waals surface area contributed by atoms with Gasteiger partial charge in [-0.05, 0) is 46.1 Å². The Hall–Kier alpha value is -0.200. The summed E-state index contributed by atoms with van der Waals surface area (Å²) in [6.07, 6.45) is 0. The van der Waals surface area contributed by atoms with Crippen LogP contribution in [-0.2, 0) is 6.54 Å². The number of benzene rings is 1. The van der Waals surface area contributed by atoms with E-state index in [1.165, 1.54) is 10.4 Å². The van der Waals surface area contributed by atoms with Crippen molar-refractivity contribution in [2.75, 3.05) is 13.6 Å². The maximum absolute atomic E-state index is 5.96. The zero-order chi connectivity index (χ0) is 13.8. The molecule has 0 radical (unpaired) electrons. The average molecular weight is 404 g/mol. The third kappa shape index (κ3) is 3.67. The predicted molar refractivity (Wildman–Crippen MR) is 89.4 cm³/mol. The van der Waals surface area contributed by atoms with Gasteiger partial charge >= 0.3 is 0 Å². The first-order valence-electron chi connectivity index (χ1n) is 6.00. The van der Waals surface area contributed by atoms with Crippen LogP contribution >= 0.6 is 43.2 Å². The highest BCUT2D eigenvalue weighted by atomic mass is 79.9. The van der Waals surface area contributed by atoms with Gasteiger partial charge in [-0.3, -0.25) is 4.90 Å². The van der Waals surface area contributed by atoms with Crippen molar-refractivity contribution in [1.29, 1.82) is 0 Å². The molecule has 1 atom stereocenters. The summed E-state index contributed by atoms with van der Waals surface area (Å²) in [6, 6.07) is 10.6. The van der Waals surface area contributed by atoms with E-state index in [1.807, 2.05) is 6.07 Å². The molecule has 0 amide bonds. The molecule has 1 aromatic carbocycles. The van der Waals surface area contributed by atoms with Gasteiger partial charge in [0.05, 0.1) is 6.04 Å². The standard InChI is InChI=1S/C14H16Br2N2S/c1-18(9-10-4-2-3-5-11(10)15)13(8-17)14-12(16)6-7-19-14/h2-7,13H,8-9,17H2,1H3. The molecule has 1 aromatic heterocycles. The van der Waals surface area contributed by atoms with E-state index < -0.39 is 0 Å². The maximum Gasteiger partial charge on any atom is 0.0576 e. The average Bonchev–Trinajstić information content (AvgIpc) is 2.80. The van der Waals surface area contributed by atoms with Crippen LogP contribution in [0.15, 0.2) is 44.7 Å². The fourth-order valence-corrected chi connectivity index (χ4v) is 4.26. The summed E-state index contributed by atoms with van der Waals surface area (Å²) >= 11 is 8.93. The molecule has 0 aliphatic carbocycles. The van der Waals surface area contributed by atoms with Gasteiger partial charge in [0.15, 0.2) is 0 Å². The Morgan fingerprint density at radius 2 is 1.95 bits per heavy atom. The van der Waals surface area contributed by atoms with Crippen LogP contribution in [0.5, 0.6) is 0 Å². The van der Waals surface area contributed by atoms with Gasteiger partial charge in [0.2, 0.25) is 0 Å². The van der Waals surface area contributed by atoms with Gasteiger partial charge in [-0.2, -0.15) is 0 Å². The van der Waals surface area contributed by atoms with Crippen molar-refractivity contribution in [3.63, 3.8) is 0 Å².